The number of benzene rings is 1. The zero-order valence-electron chi connectivity index (χ0n) is 28.2. The molecule has 5 nitrogen and oxygen atoms in total. The molecule has 1 spiro atoms. The summed E-state index contributed by atoms with van der Waals surface area (Å²) in [6.07, 6.45) is 14.6. The predicted octanol–water partition coefficient (Wildman–Crippen LogP) is 9.93. The Morgan fingerprint density at radius 3 is 2.59 bits per heavy atom. The SMILES string of the molecule is CCC(Cc1c(I)cc(I)c(N)c1I)C(=O)O[C@H]1CC[C@@]2(C)C(=CCC3C4CC5OC6(CC[C@@H](C)CO6)C(C)C5[C@@]4(C)CCC32)C1. The molecule has 2 N–H and O–H groups in total. The minimum Gasteiger partial charge on any atom is -0.462 e. The molecule has 2 aliphatic heterocycles. The van der Waals surface area contributed by atoms with Gasteiger partial charge >= 0.3 is 5.97 Å². The van der Waals surface area contributed by atoms with Gasteiger partial charge in [-0.3, -0.25) is 4.79 Å². The molecule has 5 fully saturated rings. The van der Waals surface area contributed by atoms with E-state index >= 15 is 0 Å². The van der Waals surface area contributed by atoms with Crippen molar-refractivity contribution in [3.05, 3.63) is 34.0 Å². The van der Waals surface area contributed by atoms with Gasteiger partial charge in [-0.15, -0.1) is 0 Å². The number of carbonyl (C=O) groups excluding carboxylic acids is 1. The lowest BCUT2D eigenvalue weighted by atomic mass is 9.47. The van der Waals surface area contributed by atoms with E-state index in [-0.39, 0.29) is 29.2 Å². The average molecular weight is 968 g/mol. The van der Waals surface area contributed by atoms with Crippen LogP contribution in [0.25, 0.3) is 0 Å². The van der Waals surface area contributed by atoms with Crippen molar-refractivity contribution in [3.8, 4) is 0 Å². The smallest absolute Gasteiger partial charge is 0.309 e. The summed E-state index contributed by atoms with van der Waals surface area (Å²) in [4.78, 5) is 13.6. The quantitative estimate of drug-likeness (QED) is 0.138. The second kappa shape index (κ2) is 12.8. The lowest BCUT2D eigenvalue weighted by molar-refractivity contribution is -0.272. The van der Waals surface area contributed by atoms with Crippen LogP contribution in [0.3, 0.4) is 0 Å². The van der Waals surface area contributed by atoms with Crippen LogP contribution >= 0.6 is 67.8 Å². The Morgan fingerprint density at radius 1 is 1.09 bits per heavy atom. The fraction of sp³-hybridized carbons (Fsp3) is 0.763. The second-order valence-electron chi connectivity index (χ2n) is 16.4. The molecule has 0 radical (unpaired) electrons. The predicted molar refractivity (Wildman–Crippen MR) is 208 cm³/mol. The molecule has 1 aromatic rings. The van der Waals surface area contributed by atoms with E-state index in [1.807, 2.05) is 0 Å². The van der Waals surface area contributed by atoms with Crippen LogP contribution in [-0.4, -0.2) is 30.6 Å². The van der Waals surface area contributed by atoms with E-state index in [1.165, 1.54) is 41.2 Å². The Kier molecular flexibility index (Phi) is 9.70. The number of carbonyl (C=O) groups is 1. The van der Waals surface area contributed by atoms with Gasteiger partial charge in [0, 0.05) is 29.5 Å². The summed E-state index contributed by atoms with van der Waals surface area (Å²) in [6, 6.07) is 2.12. The van der Waals surface area contributed by atoms with Gasteiger partial charge in [-0.2, -0.15) is 0 Å². The number of anilines is 1. The molecule has 7 rings (SSSR count). The molecule has 8 unspecified atom stereocenters. The molecule has 254 valence electrons. The number of hydrogen-bond donors (Lipinski definition) is 1. The molecule has 46 heavy (non-hydrogen) atoms. The molecular formula is C38H52I3NO4. The van der Waals surface area contributed by atoms with Crippen molar-refractivity contribution in [2.45, 2.75) is 123 Å². The maximum absolute atomic E-state index is 13.6. The maximum Gasteiger partial charge on any atom is 0.309 e. The number of rotatable bonds is 5. The van der Waals surface area contributed by atoms with E-state index in [1.54, 1.807) is 5.57 Å². The van der Waals surface area contributed by atoms with E-state index < -0.39 is 0 Å². The molecule has 0 aromatic heterocycles. The summed E-state index contributed by atoms with van der Waals surface area (Å²) in [7, 11) is 0. The van der Waals surface area contributed by atoms with Crippen LogP contribution in [0, 0.1) is 63.0 Å². The Hall–Kier alpha value is 0.340. The number of esters is 1. The number of nitrogen functional groups attached to an aromatic ring is 1. The molecule has 0 bridgehead atoms. The number of allylic oxidation sites excluding steroid dienone is 1. The van der Waals surface area contributed by atoms with Crippen LogP contribution in [0.4, 0.5) is 5.69 Å². The van der Waals surface area contributed by atoms with Gasteiger partial charge in [0.05, 0.1) is 24.3 Å². The minimum absolute atomic E-state index is 0.0132. The third kappa shape index (κ3) is 5.56. The topological polar surface area (TPSA) is 70.8 Å². The van der Waals surface area contributed by atoms with Gasteiger partial charge in [-0.25, -0.2) is 0 Å². The first-order valence-corrected chi connectivity index (χ1v) is 21.2. The number of ether oxygens (including phenoxy) is 3. The summed E-state index contributed by atoms with van der Waals surface area (Å²) in [5, 5.41) is 0. The van der Waals surface area contributed by atoms with E-state index in [4.69, 9.17) is 19.9 Å². The van der Waals surface area contributed by atoms with Gasteiger partial charge < -0.3 is 19.9 Å². The van der Waals surface area contributed by atoms with Crippen LogP contribution in [0.15, 0.2) is 17.7 Å². The van der Waals surface area contributed by atoms with E-state index in [9.17, 15) is 4.79 Å². The number of fused-ring (bicyclic) bond motifs is 7. The number of hydrogen-bond acceptors (Lipinski definition) is 5. The zero-order chi connectivity index (χ0) is 32.8. The molecule has 12 atom stereocenters. The Morgan fingerprint density at radius 2 is 1.87 bits per heavy atom. The van der Waals surface area contributed by atoms with Gasteiger partial charge in [0.25, 0.3) is 0 Å². The van der Waals surface area contributed by atoms with Crippen LogP contribution in [0.5, 0.6) is 0 Å². The van der Waals surface area contributed by atoms with Crippen LogP contribution < -0.4 is 5.73 Å². The van der Waals surface area contributed by atoms with Crippen LogP contribution in [0.1, 0.15) is 104 Å². The first kappa shape index (κ1) is 34.8. The highest BCUT2D eigenvalue weighted by Gasteiger charge is 2.68. The maximum atomic E-state index is 13.6. The van der Waals surface area contributed by atoms with E-state index in [2.05, 4.69) is 115 Å². The van der Waals surface area contributed by atoms with Gasteiger partial charge in [-0.05, 0) is 178 Å². The summed E-state index contributed by atoms with van der Waals surface area (Å²) >= 11 is 7.02. The summed E-state index contributed by atoms with van der Waals surface area (Å²) in [5.74, 6) is 3.36. The Balaban J connectivity index is 1.03. The van der Waals surface area contributed by atoms with Gasteiger partial charge in [0.1, 0.15) is 6.10 Å². The highest BCUT2D eigenvalue weighted by atomic mass is 127. The summed E-state index contributed by atoms with van der Waals surface area (Å²) < 4.78 is 23.2. The van der Waals surface area contributed by atoms with Crippen molar-refractivity contribution in [2.75, 3.05) is 12.3 Å². The molecule has 2 saturated heterocycles. The van der Waals surface area contributed by atoms with Crippen LogP contribution in [0.2, 0.25) is 0 Å². The number of nitrogens with two attached hydrogens (primary N) is 1. The largest absolute Gasteiger partial charge is 0.462 e. The van der Waals surface area contributed by atoms with Crippen molar-refractivity contribution in [1.29, 1.82) is 0 Å². The molecule has 0 amide bonds. The highest BCUT2D eigenvalue weighted by molar-refractivity contribution is 14.1. The molecule has 2 heterocycles. The Labute approximate surface area is 317 Å². The fourth-order valence-corrected chi connectivity index (χ4v) is 15.3. The van der Waals surface area contributed by atoms with Gasteiger partial charge in [0.2, 0.25) is 0 Å². The van der Waals surface area contributed by atoms with Crippen molar-refractivity contribution in [2.24, 2.45) is 52.3 Å². The first-order chi connectivity index (χ1) is 21.8. The zero-order valence-corrected chi connectivity index (χ0v) is 34.7. The molecular weight excluding hydrogens is 915 g/mol. The third-order valence-electron chi connectivity index (χ3n) is 14.2. The van der Waals surface area contributed by atoms with Crippen molar-refractivity contribution in [3.63, 3.8) is 0 Å². The number of halogens is 3. The first-order valence-electron chi connectivity index (χ1n) is 17.9. The summed E-state index contributed by atoms with van der Waals surface area (Å²) in [5.41, 5.74) is 10.5. The lowest BCUT2D eigenvalue weighted by Gasteiger charge is -2.58. The van der Waals surface area contributed by atoms with Crippen molar-refractivity contribution < 1.29 is 19.0 Å². The normalized spacial score (nSPS) is 43.7. The molecule has 4 aliphatic carbocycles. The van der Waals surface area contributed by atoms with Crippen LogP contribution in [-0.2, 0) is 25.4 Å². The monoisotopic (exact) mass is 967 g/mol. The third-order valence-corrected chi connectivity index (χ3v) is 17.3. The second-order valence-corrected chi connectivity index (χ2v) is 19.8. The molecule has 1 aromatic carbocycles. The van der Waals surface area contributed by atoms with Crippen molar-refractivity contribution in [1.82, 2.24) is 0 Å². The molecule has 6 aliphatic rings. The highest BCUT2D eigenvalue weighted by Crippen LogP contribution is 2.70. The molecule has 8 heteroatoms. The van der Waals surface area contributed by atoms with E-state index in [0.29, 0.717) is 35.7 Å². The van der Waals surface area contributed by atoms with Gasteiger partial charge in [0.15, 0.2) is 5.79 Å². The molecule has 3 saturated carbocycles. The standard InChI is InChI=1S/C38H52I3NO4/c1-6-22(15-26-29(39)18-30(40)34(42)33(26)41)35(43)45-24-10-12-36(4)23(16-24)7-8-25-27(36)11-13-37(5)28(25)17-31-32(37)21(3)38(46-31)14-9-20(2)19-44-38/h7,18,20-22,24-25,27-28,31-32H,6,8-17,19,42H2,1-5H3/t20-,21?,22?,24+,25?,27?,28?,31?,32?,36+,37+,38?/m1/s1. The fourth-order valence-electron chi connectivity index (χ4n) is 11.5. The Bertz CT molecular complexity index is 1410. The van der Waals surface area contributed by atoms with Crippen molar-refractivity contribution >= 4 is 79.4 Å². The lowest BCUT2D eigenvalue weighted by Crippen LogP contribution is -2.52. The minimum atomic E-state index is -0.338. The van der Waals surface area contributed by atoms with Gasteiger partial charge in [-0.1, -0.05) is 46.3 Å². The van der Waals surface area contributed by atoms with E-state index in [0.717, 1.165) is 69.3 Å². The average Bonchev–Trinajstić information content (AvgIpc) is 3.47. The summed E-state index contributed by atoms with van der Waals surface area (Å²) in [6.45, 7) is 12.9.